The number of hydroxylamine groups is 1. The Morgan fingerprint density at radius 3 is 2.50 bits per heavy atom. The molecule has 1 unspecified atom stereocenters. The minimum Gasteiger partial charge on any atom is -0.427 e. The van der Waals surface area contributed by atoms with E-state index in [-0.39, 0.29) is 6.10 Å². The number of hydrogen-bond donors (Lipinski definition) is 0. The van der Waals surface area contributed by atoms with E-state index in [1.54, 1.807) is 5.06 Å². The zero-order chi connectivity index (χ0) is 10.3. The molecule has 0 fully saturated rings. The Hall–Kier alpha value is -1.29. The first kappa shape index (κ1) is 9.27. The first-order valence-electron chi connectivity index (χ1n) is 4.59. The molecule has 0 amide bonds. The van der Waals surface area contributed by atoms with Gasteiger partial charge in [-0.15, -0.1) is 0 Å². The lowest BCUT2D eigenvalue weighted by Gasteiger charge is -2.14. The molecule has 14 heavy (non-hydrogen) atoms. The number of aryl methyl sites for hydroxylation is 2. The van der Waals surface area contributed by atoms with Crippen LogP contribution in [0.2, 0.25) is 0 Å². The molecule has 2 heterocycles. The summed E-state index contributed by atoms with van der Waals surface area (Å²) in [5.74, 6) is 0.816. The summed E-state index contributed by atoms with van der Waals surface area (Å²) in [4.78, 5) is 9.71. The number of oxazole rings is 1. The van der Waals surface area contributed by atoms with Crippen molar-refractivity contribution >= 4 is 6.01 Å². The van der Waals surface area contributed by atoms with Crippen LogP contribution in [0.1, 0.15) is 25.3 Å². The second-order valence-electron chi connectivity index (χ2n) is 3.41. The summed E-state index contributed by atoms with van der Waals surface area (Å²) in [5.41, 5.74) is 1.77. The van der Waals surface area contributed by atoms with Crippen molar-refractivity contribution in [3.63, 3.8) is 0 Å². The highest BCUT2D eigenvalue weighted by Gasteiger charge is 2.24. The molecule has 75 valence electrons. The second-order valence-corrected chi connectivity index (χ2v) is 3.41. The van der Waals surface area contributed by atoms with Crippen molar-refractivity contribution in [2.45, 2.75) is 33.8 Å². The lowest BCUT2D eigenvalue weighted by atomic mass is 10.3. The van der Waals surface area contributed by atoms with E-state index in [0.717, 1.165) is 17.2 Å². The number of rotatable bonds is 1. The Morgan fingerprint density at radius 1 is 1.36 bits per heavy atom. The maximum atomic E-state index is 5.46. The van der Waals surface area contributed by atoms with Crippen molar-refractivity contribution < 1.29 is 9.25 Å². The highest BCUT2D eigenvalue weighted by molar-refractivity contribution is 5.35. The number of hydrogen-bond acceptors (Lipinski definition) is 4. The van der Waals surface area contributed by atoms with Crippen molar-refractivity contribution in [2.24, 2.45) is 0 Å². The third-order valence-corrected chi connectivity index (χ3v) is 2.17. The SMILES string of the molecule is CC1=[C]C(C)ON1c1nc(C)c(C)o1. The normalized spacial score (nSPS) is 21.6. The molecule has 1 aliphatic heterocycles. The zero-order valence-electron chi connectivity index (χ0n) is 8.79. The first-order chi connectivity index (χ1) is 6.58. The lowest BCUT2D eigenvalue weighted by molar-refractivity contribution is 0.0974. The van der Waals surface area contributed by atoms with Gasteiger partial charge in [-0.3, -0.25) is 4.84 Å². The molecule has 0 spiro atoms. The van der Waals surface area contributed by atoms with Gasteiger partial charge in [0.25, 0.3) is 0 Å². The van der Waals surface area contributed by atoms with Crippen molar-refractivity contribution in [3.05, 3.63) is 23.2 Å². The van der Waals surface area contributed by atoms with Gasteiger partial charge in [0.15, 0.2) is 0 Å². The largest absolute Gasteiger partial charge is 0.427 e. The summed E-state index contributed by atoms with van der Waals surface area (Å²) in [5, 5.41) is 1.57. The molecule has 4 nitrogen and oxygen atoms in total. The fraction of sp³-hybridized carbons (Fsp3) is 0.500. The van der Waals surface area contributed by atoms with Crippen molar-refractivity contribution in [3.8, 4) is 0 Å². The van der Waals surface area contributed by atoms with E-state index in [9.17, 15) is 0 Å². The van der Waals surface area contributed by atoms with Gasteiger partial charge < -0.3 is 4.42 Å². The van der Waals surface area contributed by atoms with E-state index >= 15 is 0 Å². The van der Waals surface area contributed by atoms with Crippen LogP contribution in [0.15, 0.2) is 10.1 Å². The van der Waals surface area contributed by atoms with Crippen LogP contribution in [0.5, 0.6) is 0 Å². The average Bonchev–Trinajstić information content (AvgIpc) is 2.57. The standard InChI is InChI=1S/C10H13N2O2/c1-6-5-7(2)14-12(6)10-11-8(3)9(4)13-10/h7H,1-4H3. The number of anilines is 1. The average molecular weight is 193 g/mol. The minimum atomic E-state index is -0.0393. The molecule has 1 aromatic rings. The van der Waals surface area contributed by atoms with E-state index in [1.165, 1.54) is 0 Å². The quantitative estimate of drug-likeness (QED) is 0.685. The van der Waals surface area contributed by atoms with Crippen LogP contribution < -0.4 is 5.06 Å². The van der Waals surface area contributed by atoms with Crippen LogP contribution in [0, 0.1) is 19.9 Å². The Balaban J connectivity index is 2.29. The Bertz CT molecular complexity index is 362. The smallest absolute Gasteiger partial charge is 0.327 e. The maximum Gasteiger partial charge on any atom is 0.327 e. The van der Waals surface area contributed by atoms with Gasteiger partial charge in [-0.1, -0.05) is 0 Å². The van der Waals surface area contributed by atoms with E-state index in [0.29, 0.717) is 6.01 Å². The molecule has 1 radical (unpaired) electrons. The molecule has 1 aliphatic rings. The van der Waals surface area contributed by atoms with Gasteiger partial charge in [0, 0.05) is 6.08 Å². The summed E-state index contributed by atoms with van der Waals surface area (Å²) >= 11 is 0. The summed E-state index contributed by atoms with van der Waals surface area (Å²) in [7, 11) is 0. The van der Waals surface area contributed by atoms with Gasteiger partial charge in [-0.25, -0.2) is 0 Å². The number of nitrogens with zero attached hydrogens (tertiary/aromatic N) is 2. The fourth-order valence-electron chi connectivity index (χ4n) is 1.35. The predicted octanol–water partition coefficient (Wildman–Crippen LogP) is 2.14. The summed E-state index contributed by atoms with van der Waals surface area (Å²) < 4.78 is 5.45. The number of aromatic nitrogens is 1. The van der Waals surface area contributed by atoms with Crippen LogP contribution in [0.3, 0.4) is 0 Å². The molecule has 1 atom stereocenters. The molecule has 0 aliphatic carbocycles. The van der Waals surface area contributed by atoms with Crippen LogP contribution in [-0.4, -0.2) is 11.1 Å². The molecule has 2 rings (SSSR count). The van der Waals surface area contributed by atoms with Gasteiger partial charge in [0.05, 0.1) is 11.4 Å². The molecular formula is C10H13N2O2. The van der Waals surface area contributed by atoms with Crippen molar-refractivity contribution in [1.82, 2.24) is 4.98 Å². The predicted molar refractivity (Wildman–Crippen MR) is 51.4 cm³/mol. The van der Waals surface area contributed by atoms with Gasteiger partial charge >= 0.3 is 6.01 Å². The highest BCUT2D eigenvalue weighted by Crippen LogP contribution is 2.26. The van der Waals surface area contributed by atoms with Gasteiger partial charge in [0.2, 0.25) is 0 Å². The molecule has 0 saturated heterocycles. The van der Waals surface area contributed by atoms with Crippen molar-refractivity contribution in [2.75, 3.05) is 5.06 Å². The van der Waals surface area contributed by atoms with E-state index in [1.807, 2.05) is 27.7 Å². The lowest BCUT2D eigenvalue weighted by Crippen LogP contribution is -2.18. The Labute approximate surface area is 83.1 Å². The van der Waals surface area contributed by atoms with Crippen LogP contribution >= 0.6 is 0 Å². The third-order valence-electron chi connectivity index (χ3n) is 2.17. The summed E-state index contributed by atoms with van der Waals surface area (Å²) in [6.45, 7) is 7.63. The third kappa shape index (κ3) is 1.42. The monoisotopic (exact) mass is 193 g/mol. The van der Waals surface area contributed by atoms with Gasteiger partial charge in [0.1, 0.15) is 11.9 Å². The molecule has 0 N–H and O–H groups in total. The van der Waals surface area contributed by atoms with E-state index in [2.05, 4.69) is 11.1 Å². The van der Waals surface area contributed by atoms with E-state index in [4.69, 9.17) is 9.25 Å². The molecule has 0 saturated carbocycles. The Kier molecular flexibility index (Phi) is 2.07. The molecular weight excluding hydrogens is 180 g/mol. The van der Waals surface area contributed by atoms with E-state index < -0.39 is 0 Å². The van der Waals surface area contributed by atoms with Gasteiger partial charge in [-0.05, 0) is 27.7 Å². The second kappa shape index (κ2) is 3.13. The summed E-state index contributed by atoms with van der Waals surface area (Å²) in [6, 6.07) is 0.481. The Morgan fingerprint density at radius 2 is 2.07 bits per heavy atom. The molecule has 1 aromatic heterocycles. The molecule has 4 heteroatoms. The van der Waals surface area contributed by atoms with Crippen LogP contribution in [0.25, 0.3) is 0 Å². The minimum absolute atomic E-state index is 0.0393. The van der Waals surface area contributed by atoms with Crippen LogP contribution in [0.4, 0.5) is 6.01 Å². The summed E-state index contributed by atoms with van der Waals surface area (Å²) in [6.07, 6.45) is 3.08. The highest BCUT2D eigenvalue weighted by atomic mass is 16.7. The first-order valence-corrected chi connectivity index (χ1v) is 4.59. The topological polar surface area (TPSA) is 38.5 Å². The molecule has 0 bridgehead atoms. The number of allylic oxidation sites excluding steroid dienone is 1. The zero-order valence-corrected chi connectivity index (χ0v) is 8.79. The van der Waals surface area contributed by atoms with Crippen LogP contribution in [-0.2, 0) is 4.84 Å². The van der Waals surface area contributed by atoms with Crippen molar-refractivity contribution in [1.29, 1.82) is 0 Å². The molecule has 0 aromatic carbocycles. The maximum absolute atomic E-state index is 5.46. The fourth-order valence-corrected chi connectivity index (χ4v) is 1.35. The van der Waals surface area contributed by atoms with Gasteiger partial charge in [-0.2, -0.15) is 10.0 Å².